The first-order valence-corrected chi connectivity index (χ1v) is 6.10. The molecule has 0 unspecified atom stereocenters. The summed E-state index contributed by atoms with van der Waals surface area (Å²) in [7, 11) is 1.58. The molecule has 0 aromatic heterocycles. The molecule has 0 aliphatic heterocycles. The van der Waals surface area contributed by atoms with Crippen LogP contribution in [-0.4, -0.2) is 7.11 Å². The molecule has 0 aliphatic rings. The predicted octanol–water partition coefficient (Wildman–Crippen LogP) is 3.59. The van der Waals surface area contributed by atoms with E-state index in [1.165, 1.54) is 12.1 Å². The molecule has 0 N–H and O–H groups in total. The number of methoxy groups -OCH3 is 1. The largest absolute Gasteiger partial charge is 0.493 e. The summed E-state index contributed by atoms with van der Waals surface area (Å²) in [6.45, 7) is 2.21. The zero-order valence-corrected chi connectivity index (χ0v) is 11.3. The number of halogens is 1. The van der Waals surface area contributed by atoms with Gasteiger partial charge >= 0.3 is 0 Å². The highest BCUT2D eigenvalue weighted by Crippen LogP contribution is 2.28. The summed E-state index contributed by atoms with van der Waals surface area (Å²) >= 11 is 0. The van der Waals surface area contributed by atoms with Crippen LogP contribution in [0.25, 0.3) is 0 Å². The number of aryl methyl sites for hydroxylation is 1. The van der Waals surface area contributed by atoms with Gasteiger partial charge in [-0.15, -0.1) is 0 Å². The Morgan fingerprint density at radius 3 is 2.65 bits per heavy atom. The number of hydrogen-bond acceptors (Lipinski definition) is 3. The van der Waals surface area contributed by atoms with Crippen LogP contribution in [0.3, 0.4) is 0 Å². The van der Waals surface area contributed by atoms with E-state index < -0.39 is 5.82 Å². The first kappa shape index (κ1) is 13.9. The molecule has 0 atom stereocenters. The average Bonchev–Trinajstić information content (AvgIpc) is 2.47. The van der Waals surface area contributed by atoms with Crippen LogP contribution < -0.4 is 9.47 Å². The van der Waals surface area contributed by atoms with E-state index in [9.17, 15) is 4.39 Å². The Labute approximate surface area is 117 Å². The molecule has 0 saturated heterocycles. The van der Waals surface area contributed by atoms with Gasteiger partial charge in [0.1, 0.15) is 18.5 Å². The summed E-state index contributed by atoms with van der Waals surface area (Å²) in [4.78, 5) is 0. The Hall–Kier alpha value is -2.54. The molecule has 0 aliphatic carbocycles. The van der Waals surface area contributed by atoms with Crippen molar-refractivity contribution in [3.8, 4) is 17.6 Å². The van der Waals surface area contributed by atoms with Gasteiger partial charge in [-0.3, -0.25) is 0 Å². The standard InChI is InChI=1S/C16H14FNO2/c1-11-3-6-15(16(7-11)19-2)20-10-12-4-5-14(17)13(8-12)9-18/h3-8H,10H2,1-2H3. The molecule has 102 valence electrons. The Morgan fingerprint density at radius 2 is 1.95 bits per heavy atom. The van der Waals surface area contributed by atoms with Crippen LogP contribution >= 0.6 is 0 Å². The smallest absolute Gasteiger partial charge is 0.161 e. The topological polar surface area (TPSA) is 42.2 Å². The molecule has 2 aromatic carbocycles. The molecule has 2 aromatic rings. The third kappa shape index (κ3) is 3.07. The van der Waals surface area contributed by atoms with E-state index in [4.69, 9.17) is 14.7 Å². The molecule has 4 heteroatoms. The first-order valence-electron chi connectivity index (χ1n) is 6.10. The number of rotatable bonds is 4. The molecule has 0 heterocycles. The number of hydrogen-bond donors (Lipinski definition) is 0. The third-order valence-electron chi connectivity index (χ3n) is 2.86. The van der Waals surface area contributed by atoms with Crippen LogP contribution in [0.5, 0.6) is 11.5 Å². The molecule has 20 heavy (non-hydrogen) atoms. The second-order valence-corrected chi connectivity index (χ2v) is 4.37. The minimum Gasteiger partial charge on any atom is -0.493 e. The quantitative estimate of drug-likeness (QED) is 0.853. The van der Waals surface area contributed by atoms with Crippen molar-refractivity contribution in [2.45, 2.75) is 13.5 Å². The van der Waals surface area contributed by atoms with Gasteiger partial charge in [0.25, 0.3) is 0 Å². The van der Waals surface area contributed by atoms with Crippen LogP contribution in [0.15, 0.2) is 36.4 Å². The fraction of sp³-hybridized carbons (Fsp3) is 0.188. The zero-order chi connectivity index (χ0) is 14.5. The van der Waals surface area contributed by atoms with E-state index >= 15 is 0 Å². The Bertz CT molecular complexity index is 662. The SMILES string of the molecule is COc1cc(C)ccc1OCc1ccc(F)c(C#N)c1. The van der Waals surface area contributed by atoms with Crippen molar-refractivity contribution in [3.05, 3.63) is 58.9 Å². The van der Waals surface area contributed by atoms with Crippen LogP contribution in [-0.2, 0) is 6.61 Å². The van der Waals surface area contributed by atoms with Crippen molar-refractivity contribution in [3.63, 3.8) is 0 Å². The van der Waals surface area contributed by atoms with Crippen molar-refractivity contribution < 1.29 is 13.9 Å². The monoisotopic (exact) mass is 271 g/mol. The van der Waals surface area contributed by atoms with Crippen molar-refractivity contribution >= 4 is 0 Å². The van der Waals surface area contributed by atoms with E-state index in [0.29, 0.717) is 11.5 Å². The summed E-state index contributed by atoms with van der Waals surface area (Å²) in [6, 6.07) is 11.8. The molecule has 0 saturated carbocycles. The second-order valence-electron chi connectivity index (χ2n) is 4.37. The minimum atomic E-state index is -0.524. The fourth-order valence-electron chi connectivity index (χ4n) is 1.80. The highest BCUT2D eigenvalue weighted by molar-refractivity contribution is 5.43. The maximum absolute atomic E-state index is 13.2. The lowest BCUT2D eigenvalue weighted by Gasteiger charge is -2.11. The van der Waals surface area contributed by atoms with Gasteiger partial charge in [0, 0.05) is 0 Å². The van der Waals surface area contributed by atoms with Crippen molar-refractivity contribution in [1.82, 2.24) is 0 Å². The summed E-state index contributed by atoms with van der Waals surface area (Å²) in [5.74, 6) is 0.734. The molecule has 0 spiro atoms. The Morgan fingerprint density at radius 1 is 1.15 bits per heavy atom. The first-order chi connectivity index (χ1) is 9.63. The van der Waals surface area contributed by atoms with Crippen molar-refractivity contribution in [2.75, 3.05) is 7.11 Å². The molecule has 0 amide bonds. The molecule has 0 radical (unpaired) electrons. The molecular weight excluding hydrogens is 257 g/mol. The van der Waals surface area contributed by atoms with E-state index in [1.807, 2.05) is 31.2 Å². The maximum atomic E-state index is 13.2. The second kappa shape index (κ2) is 6.07. The van der Waals surface area contributed by atoms with Gasteiger partial charge in [0.05, 0.1) is 12.7 Å². The molecule has 2 rings (SSSR count). The van der Waals surface area contributed by atoms with Crippen LogP contribution in [0.2, 0.25) is 0 Å². The highest BCUT2D eigenvalue weighted by Gasteiger charge is 2.07. The summed E-state index contributed by atoms with van der Waals surface area (Å²) < 4.78 is 24.1. The molecule has 3 nitrogen and oxygen atoms in total. The Balaban J connectivity index is 2.15. The van der Waals surface area contributed by atoms with Gasteiger partial charge in [-0.25, -0.2) is 4.39 Å². The number of ether oxygens (including phenoxy) is 2. The lowest BCUT2D eigenvalue weighted by Crippen LogP contribution is -1.99. The van der Waals surface area contributed by atoms with Crippen LogP contribution in [0.1, 0.15) is 16.7 Å². The number of benzene rings is 2. The number of nitriles is 1. The van der Waals surface area contributed by atoms with Crippen molar-refractivity contribution in [1.29, 1.82) is 5.26 Å². The van der Waals surface area contributed by atoms with Gasteiger partial charge in [0.15, 0.2) is 11.5 Å². The lowest BCUT2D eigenvalue weighted by atomic mass is 10.1. The van der Waals surface area contributed by atoms with Crippen LogP contribution in [0.4, 0.5) is 4.39 Å². The van der Waals surface area contributed by atoms with Gasteiger partial charge in [0.2, 0.25) is 0 Å². The normalized spacial score (nSPS) is 9.90. The summed E-state index contributed by atoms with van der Waals surface area (Å²) in [5, 5.41) is 8.79. The summed E-state index contributed by atoms with van der Waals surface area (Å²) in [6.07, 6.45) is 0. The fourth-order valence-corrected chi connectivity index (χ4v) is 1.80. The van der Waals surface area contributed by atoms with E-state index in [0.717, 1.165) is 11.1 Å². The zero-order valence-electron chi connectivity index (χ0n) is 11.3. The van der Waals surface area contributed by atoms with Crippen molar-refractivity contribution in [2.24, 2.45) is 0 Å². The molecule has 0 bridgehead atoms. The minimum absolute atomic E-state index is 0.0157. The van der Waals surface area contributed by atoms with E-state index in [-0.39, 0.29) is 12.2 Å². The average molecular weight is 271 g/mol. The van der Waals surface area contributed by atoms with Gasteiger partial charge in [-0.2, -0.15) is 5.26 Å². The number of nitrogens with zero attached hydrogens (tertiary/aromatic N) is 1. The lowest BCUT2D eigenvalue weighted by molar-refractivity contribution is 0.284. The highest BCUT2D eigenvalue weighted by atomic mass is 19.1. The van der Waals surface area contributed by atoms with E-state index in [1.54, 1.807) is 13.2 Å². The predicted molar refractivity (Wildman–Crippen MR) is 73.2 cm³/mol. The maximum Gasteiger partial charge on any atom is 0.161 e. The van der Waals surface area contributed by atoms with Gasteiger partial charge < -0.3 is 9.47 Å². The van der Waals surface area contributed by atoms with Gasteiger partial charge in [-0.05, 0) is 42.3 Å². The van der Waals surface area contributed by atoms with Crippen LogP contribution in [0, 0.1) is 24.1 Å². The molecule has 0 fully saturated rings. The van der Waals surface area contributed by atoms with Gasteiger partial charge in [-0.1, -0.05) is 12.1 Å². The summed E-state index contributed by atoms with van der Waals surface area (Å²) in [5.41, 5.74) is 1.82. The Kier molecular flexibility index (Phi) is 4.21. The third-order valence-corrected chi connectivity index (χ3v) is 2.86. The van der Waals surface area contributed by atoms with E-state index in [2.05, 4.69) is 0 Å². The molecular formula is C16H14FNO2.